The van der Waals surface area contributed by atoms with Crippen molar-refractivity contribution in [3.63, 3.8) is 0 Å². The van der Waals surface area contributed by atoms with E-state index in [4.69, 9.17) is 4.74 Å². The van der Waals surface area contributed by atoms with E-state index in [2.05, 4.69) is 41.7 Å². The van der Waals surface area contributed by atoms with Gasteiger partial charge < -0.3 is 10.1 Å². The zero-order chi connectivity index (χ0) is 13.1. The number of nitrogens with one attached hydrogen (secondary N) is 1. The van der Waals surface area contributed by atoms with E-state index < -0.39 is 0 Å². The van der Waals surface area contributed by atoms with Crippen LogP contribution >= 0.6 is 12.4 Å². The molecule has 1 saturated heterocycles. The second kappa shape index (κ2) is 6.78. The van der Waals surface area contributed by atoms with Crippen LogP contribution in [0.4, 0.5) is 0 Å². The summed E-state index contributed by atoms with van der Waals surface area (Å²) in [5.74, 6) is 0.899. The van der Waals surface area contributed by atoms with Crippen LogP contribution in [0.3, 0.4) is 0 Å². The number of methoxy groups -OCH3 is 1. The Morgan fingerprint density at radius 1 is 0.950 bits per heavy atom. The maximum absolute atomic E-state index is 5.18. The third kappa shape index (κ3) is 3.14. The van der Waals surface area contributed by atoms with Gasteiger partial charge in [0.2, 0.25) is 0 Å². The Kier molecular flexibility index (Phi) is 5.05. The van der Waals surface area contributed by atoms with Gasteiger partial charge in [0, 0.05) is 6.04 Å². The molecule has 1 atom stereocenters. The van der Waals surface area contributed by atoms with Crippen molar-refractivity contribution in [2.45, 2.75) is 18.9 Å². The number of ether oxygens (including phenoxy) is 1. The van der Waals surface area contributed by atoms with E-state index in [1.165, 1.54) is 29.5 Å². The molecule has 0 radical (unpaired) electrons. The molecule has 0 aromatic heterocycles. The maximum atomic E-state index is 5.18. The lowest BCUT2D eigenvalue weighted by Crippen LogP contribution is -2.12. The summed E-state index contributed by atoms with van der Waals surface area (Å²) in [7, 11) is 1.69. The monoisotopic (exact) mass is 289 g/mol. The lowest BCUT2D eigenvalue weighted by atomic mass is 10.00. The largest absolute Gasteiger partial charge is 0.497 e. The third-order valence-corrected chi connectivity index (χ3v) is 3.80. The lowest BCUT2D eigenvalue weighted by Gasteiger charge is -2.11. The Hall–Kier alpha value is -1.51. The summed E-state index contributed by atoms with van der Waals surface area (Å²) in [6, 6.07) is 17.6. The van der Waals surface area contributed by atoms with Crippen molar-refractivity contribution in [1.29, 1.82) is 0 Å². The van der Waals surface area contributed by atoms with E-state index in [0.29, 0.717) is 6.04 Å². The van der Waals surface area contributed by atoms with Gasteiger partial charge in [0.25, 0.3) is 0 Å². The first-order chi connectivity index (χ1) is 9.36. The van der Waals surface area contributed by atoms with Crippen molar-refractivity contribution in [2.24, 2.45) is 0 Å². The van der Waals surface area contributed by atoms with E-state index in [0.717, 1.165) is 12.3 Å². The molecule has 1 N–H and O–H groups in total. The first-order valence-corrected chi connectivity index (χ1v) is 6.84. The van der Waals surface area contributed by atoms with Crippen LogP contribution in [0, 0.1) is 0 Å². The number of hydrogen-bond donors (Lipinski definition) is 1. The van der Waals surface area contributed by atoms with Gasteiger partial charge in [0.05, 0.1) is 7.11 Å². The molecule has 1 aliphatic heterocycles. The van der Waals surface area contributed by atoms with Crippen LogP contribution in [0.25, 0.3) is 11.1 Å². The van der Waals surface area contributed by atoms with Crippen molar-refractivity contribution in [1.82, 2.24) is 5.32 Å². The van der Waals surface area contributed by atoms with E-state index in [9.17, 15) is 0 Å². The second-order valence-electron chi connectivity index (χ2n) is 5.00. The summed E-state index contributed by atoms with van der Waals surface area (Å²) < 4.78 is 5.18. The van der Waals surface area contributed by atoms with Gasteiger partial charge in [0.15, 0.2) is 0 Å². The standard InChI is InChI=1S/C17H19NO.ClH/c1-19-16-10-8-14(9-11-16)13-4-6-15(7-5-13)17-3-2-12-18-17;/h4-11,17-18H,2-3,12H2,1H3;1H. The fraction of sp³-hybridized carbons (Fsp3) is 0.294. The molecular formula is C17H20ClNO. The molecule has 0 aliphatic carbocycles. The van der Waals surface area contributed by atoms with E-state index in [-0.39, 0.29) is 12.4 Å². The quantitative estimate of drug-likeness (QED) is 0.914. The first-order valence-electron chi connectivity index (χ1n) is 6.84. The fourth-order valence-corrected chi connectivity index (χ4v) is 2.66. The van der Waals surface area contributed by atoms with E-state index >= 15 is 0 Å². The molecule has 0 spiro atoms. The van der Waals surface area contributed by atoms with E-state index in [1.807, 2.05) is 12.1 Å². The first kappa shape index (κ1) is 14.9. The summed E-state index contributed by atoms with van der Waals surface area (Å²) in [4.78, 5) is 0. The van der Waals surface area contributed by atoms with Crippen LogP contribution < -0.4 is 10.1 Å². The zero-order valence-corrected chi connectivity index (χ0v) is 12.5. The lowest BCUT2D eigenvalue weighted by molar-refractivity contribution is 0.415. The van der Waals surface area contributed by atoms with Crippen LogP contribution in [-0.2, 0) is 0 Å². The normalized spacial score (nSPS) is 17.6. The Morgan fingerprint density at radius 3 is 2.05 bits per heavy atom. The molecule has 2 nitrogen and oxygen atoms in total. The van der Waals surface area contributed by atoms with Crippen LogP contribution in [0.15, 0.2) is 48.5 Å². The maximum Gasteiger partial charge on any atom is 0.118 e. The topological polar surface area (TPSA) is 21.3 Å². The Labute approximate surface area is 126 Å². The molecule has 3 rings (SSSR count). The second-order valence-corrected chi connectivity index (χ2v) is 5.00. The highest BCUT2D eigenvalue weighted by Crippen LogP contribution is 2.27. The average molecular weight is 290 g/mol. The molecule has 3 heteroatoms. The molecule has 0 bridgehead atoms. The molecule has 2 aromatic carbocycles. The van der Waals surface area contributed by atoms with Crippen LogP contribution in [-0.4, -0.2) is 13.7 Å². The highest BCUT2D eigenvalue weighted by molar-refractivity contribution is 5.85. The summed E-state index contributed by atoms with van der Waals surface area (Å²) in [6.07, 6.45) is 2.53. The molecule has 1 heterocycles. The van der Waals surface area contributed by atoms with Gasteiger partial charge in [0.1, 0.15) is 5.75 Å². The minimum Gasteiger partial charge on any atom is -0.497 e. The van der Waals surface area contributed by atoms with Gasteiger partial charge >= 0.3 is 0 Å². The Balaban J connectivity index is 0.00000147. The van der Waals surface area contributed by atoms with Gasteiger partial charge in [-0.2, -0.15) is 0 Å². The number of benzene rings is 2. The molecule has 1 aliphatic rings. The SMILES string of the molecule is COc1ccc(-c2ccc(C3CCCN3)cc2)cc1.Cl. The molecule has 20 heavy (non-hydrogen) atoms. The van der Waals surface area contributed by atoms with Gasteiger partial charge in [-0.1, -0.05) is 36.4 Å². The minimum atomic E-state index is 0. The smallest absolute Gasteiger partial charge is 0.118 e. The average Bonchev–Trinajstić information content (AvgIpc) is 3.02. The fourth-order valence-electron chi connectivity index (χ4n) is 2.66. The molecular weight excluding hydrogens is 270 g/mol. The van der Waals surface area contributed by atoms with Crippen LogP contribution in [0.5, 0.6) is 5.75 Å². The number of rotatable bonds is 3. The third-order valence-electron chi connectivity index (χ3n) is 3.80. The van der Waals surface area contributed by atoms with Gasteiger partial charge in [-0.15, -0.1) is 12.4 Å². The molecule has 0 amide bonds. The van der Waals surface area contributed by atoms with Crippen LogP contribution in [0.1, 0.15) is 24.4 Å². The molecule has 1 unspecified atom stereocenters. The predicted molar refractivity (Wildman–Crippen MR) is 85.7 cm³/mol. The zero-order valence-electron chi connectivity index (χ0n) is 11.6. The predicted octanol–water partition coefficient (Wildman–Crippen LogP) is 4.21. The van der Waals surface area contributed by atoms with Crippen molar-refractivity contribution in [2.75, 3.05) is 13.7 Å². The number of hydrogen-bond acceptors (Lipinski definition) is 2. The molecule has 106 valence electrons. The Bertz CT molecular complexity index is 530. The Morgan fingerprint density at radius 2 is 1.55 bits per heavy atom. The van der Waals surface area contributed by atoms with Gasteiger partial charge in [-0.3, -0.25) is 0 Å². The van der Waals surface area contributed by atoms with Gasteiger partial charge in [-0.05, 0) is 48.2 Å². The van der Waals surface area contributed by atoms with Gasteiger partial charge in [-0.25, -0.2) is 0 Å². The molecule has 2 aromatic rings. The minimum absolute atomic E-state index is 0. The highest BCUT2D eigenvalue weighted by atomic mass is 35.5. The highest BCUT2D eigenvalue weighted by Gasteiger charge is 2.15. The van der Waals surface area contributed by atoms with Crippen molar-refractivity contribution < 1.29 is 4.74 Å². The molecule has 1 fully saturated rings. The van der Waals surface area contributed by atoms with Crippen molar-refractivity contribution >= 4 is 12.4 Å². The number of halogens is 1. The summed E-state index contributed by atoms with van der Waals surface area (Å²) in [5, 5.41) is 3.53. The van der Waals surface area contributed by atoms with Crippen molar-refractivity contribution in [3.8, 4) is 16.9 Å². The molecule has 0 saturated carbocycles. The van der Waals surface area contributed by atoms with Crippen LogP contribution in [0.2, 0.25) is 0 Å². The summed E-state index contributed by atoms with van der Waals surface area (Å²) >= 11 is 0. The van der Waals surface area contributed by atoms with Crippen molar-refractivity contribution in [3.05, 3.63) is 54.1 Å². The summed E-state index contributed by atoms with van der Waals surface area (Å²) in [5.41, 5.74) is 3.88. The summed E-state index contributed by atoms with van der Waals surface area (Å²) in [6.45, 7) is 1.14. The van der Waals surface area contributed by atoms with E-state index in [1.54, 1.807) is 7.11 Å².